The van der Waals surface area contributed by atoms with Crippen LogP contribution in [0.5, 0.6) is 5.88 Å². The van der Waals surface area contributed by atoms with Gasteiger partial charge in [0.05, 0.1) is 165 Å². The summed E-state index contributed by atoms with van der Waals surface area (Å²) in [6.45, 7) is 15.1. The molecule has 774 valence electrons. The number of halogens is 3. The summed E-state index contributed by atoms with van der Waals surface area (Å²) < 4.78 is 128. The van der Waals surface area contributed by atoms with Crippen LogP contribution >= 0.6 is 0 Å². The van der Waals surface area contributed by atoms with Crippen LogP contribution in [0.2, 0.25) is 0 Å². The predicted molar refractivity (Wildman–Crippen MR) is 515 cm³/mol. The number of benzene rings is 2. The third-order valence-electron chi connectivity index (χ3n) is 26.1. The lowest BCUT2D eigenvalue weighted by Gasteiger charge is -2.40. The topological polar surface area (TPSA) is 448 Å². The number of alkyl carbamates (subject to hydrolysis) is 1. The molecule has 11 rings (SSSR count). The number of hydrogen-bond donors (Lipinski definition) is 6. The number of nitrogens with two attached hydrogens (primary N) is 1. The van der Waals surface area contributed by atoms with Crippen LogP contribution in [0.15, 0.2) is 126 Å². The van der Waals surface area contributed by atoms with Crippen molar-refractivity contribution in [1.82, 2.24) is 44.6 Å². The Kier molecular flexibility index (Phi) is 43.6. The maximum Gasteiger partial charge on any atom is 0.418 e. The minimum Gasteiger partial charge on any atom is -0.481 e. The number of alkyl halides is 3. The number of carbonyl (C=O) groups excluding carboxylic acids is 7. The summed E-state index contributed by atoms with van der Waals surface area (Å²) in [5, 5.41) is 40.4. The van der Waals surface area contributed by atoms with Crippen molar-refractivity contribution in [1.29, 1.82) is 0 Å². The van der Waals surface area contributed by atoms with E-state index in [4.69, 9.17) is 72.0 Å². The lowest BCUT2D eigenvalue weighted by Crippen LogP contribution is -2.58. The average molecular weight is 1980 g/mol. The van der Waals surface area contributed by atoms with Crippen LogP contribution in [0.4, 0.5) is 29.6 Å². The van der Waals surface area contributed by atoms with Gasteiger partial charge < -0.3 is 113 Å². The molecular formula is C101H139F3N12O25. The zero-order valence-corrected chi connectivity index (χ0v) is 82.1. The van der Waals surface area contributed by atoms with Gasteiger partial charge in [0.15, 0.2) is 5.78 Å². The number of pyridine rings is 2. The van der Waals surface area contributed by atoms with Crippen molar-refractivity contribution in [3.05, 3.63) is 143 Å². The smallest absolute Gasteiger partial charge is 0.418 e. The van der Waals surface area contributed by atoms with E-state index in [1.54, 1.807) is 69.8 Å². The van der Waals surface area contributed by atoms with E-state index in [1.165, 1.54) is 48.5 Å². The lowest BCUT2D eigenvalue weighted by molar-refractivity contribution is -0.245. The van der Waals surface area contributed by atoms with Crippen molar-refractivity contribution in [2.24, 2.45) is 36.5 Å². The zero-order valence-electron chi connectivity index (χ0n) is 82.1. The SMILES string of the molecule is COc1ccc(-c2ccc3ncc4c(c3c2)n(-c2ccc(N3CCN(c5ncc(CNC(=O)CCOCCOCCOCCOCCOCCOCCOCCOCCNC(=O)O[C@@H]6CC[C@@H](C[C@@H](N)[C@@H]7CC(=O)[C@H](C)/C=C(\C)[C@@H](O)[C@@H](O)C(=O)[C@H](C)C[C@H](C)/C=C/C=C/C=C(\C)[C@@H](OC)C[C@@H]8CCC[C@@](O)(O8)C(=O)C(=O)N8CCCC[C@H]8C(=O)O7)C[C@H]6OC)cn5)CC3)c(C(F)(F)F)c2)c(=O)n4C)cn1. The van der Waals surface area contributed by atoms with E-state index >= 15 is 13.2 Å². The van der Waals surface area contributed by atoms with Gasteiger partial charge in [-0.2, -0.15) is 13.2 Å². The van der Waals surface area contributed by atoms with Gasteiger partial charge in [-0.15, -0.1) is 0 Å². The predicted octanol–water partition coefficient (Wildman–Crippen LogP) is 8.94. The van der Waals surface area contributed by atoms with E-state index in [-0.39, 0.29) is 126 Å². The van der Waals surface area contributed by atoms with Gasteiger partial charge in [0.1, 0.15) is 36.2 Å². The Labute approximate surface area is 819 Å². The van der Waals surface area contributed by atoms with Gasteiger partial charge in [-0.25, -0.2) is 29.3 Å². The largest absolute Gasteiger partial charge is 0.481 e. The fraction of sp³-hybridized carbons (Fsp3) is 0.604. The molecule has 2 bridgehead atoms. The molecule has 14 atom stereocenters. The number of aromatic nitrogens is 6. The number of amides is 3. The highest BCUT2D eigenvalue weighted by Gasteiger charge is 2.50. The van der Waals surface area contributed by atoms with Crippen LogP contribution in [-0.4, -0.2) is 317 Å². The van der Waals surface area contributed by atoms with E-state index in [1.807, 2.05) is 67.3 Å². The molecule has 8 heterocycles. The molecule has 5 aliphatic rings. The molecule has 1 aliphatic carbocycles. The average Bonchev–Trinajstić information content (AvgIpc) is 1.59. The number of Topliss-reactive ketones (excluding diaryl/α,β-unsaturated/α-hetero) is 3. The van der Waals surface area contributed by atoms with Crippen molar-refractivity contribution in [3.63, 3.8) is 0 Å². The number of anilines is 2. The molecule has 7 N–H and O–H groups in total. The van der Waals surface area contributed by atoms with Crippen LogP contribution in [0.3, 0.4) is 0 Å². The lowest BCUT2D eigenvalue weighted by atomic mass is 9.80. The number of nitrogens with one attached hydrogen (secondary N) is 2. The van der Waals surface area contributed by atoms with E-state index in [0.717, 1.165) is 27.7 Å². The summed E-state index contributed by atoms with van der Waals surface area (Å²) in [6, 6.07) is 10.8. The number of fused-ring (bicyclic) bond motifs is 6. The first-order valence-corrected chi connectivity index (χ1v) is 48.6. The van der Waals surface area contributed by atoms with E-state index in [9.17, 15) is 53.7 Å². The molecule has 0 spiro atoms. The van der Waals surface area contributed by atoms with E-state index in [0.29, 0.717) is 183 Å². The molecule has 1 saturated carbocycles. The Hall–Kier alpha value is -10.4. The highest BCUT2D eigenvalue weighted by Crippen LogP contribution is 2.41. The molecule has 4 aromatic heterocycles. The summed E-state index contributed by atoms with van der Waals surface area (Å²) in [5.74, 6) is -7.93. The van der Waals surface area contributed by atoms with Gasteiger partial charge in [0.25, 0.3) is 11.7 Å². The minimum atomic E-state index is -4.76. The number of methoxy groups -OCH3 is 3. The number of carbonyl (C=O) groups is 7. The number of piperazine rings is 1. The van der Waals surface area contributed by atoms with Crippen molar-refractivity contribution >= 4 is 74.8 Å². The fourth-order valence-corrected chi connectivity index (χ4v) is 18.1. The number of imidazole rings is 1. The number of allylic oxidation sites excluding steroid dienone is 6. The van der Waals surface area contributed by atoms with Gasteiger partial charge in [-0.05, 0) is 143 Å². The molecule has 37 nitrogen and oxygen atoms in total. The normalized spacial score (nSPS) is 25.2. The number of aliphatic hydroxyl groups is 3. The Bertz CT molecular complexity index is 5250. The van der Waals surface area contributed by atoms with Gasteiger partial charge >= 0.3 is 23.9 Å². The Balaban J connectivity index is 0.495. The summed E-state index contributed by atoms with van der Waals surface area (Å²) >= 11 is 0. The Morgan fingerprint density at radius 3 is 1.93 bits per heavy atom. The van der Waals surface area contributed by atoms with Gasteiger partial charge in [0.2, 0.25) is 23.5 Å². The molecule has 4 aliphatic heterocycles. The second-order valence-corrected chi connectivity index (χ2v) is 36.4. The number of nitrogens with zero attached hydrogens (tertiary/aromatic N) is 9. The first-order chi connectivity index (χ1) is 67.9. The Morgan fingerprint density at radius 1 is 0.652 bits per heavy atom. The number of rotatable bonds is 40. The fourth-order valence-electron chi connectivity index (χ4n) is 18.1. The number of aliphatic hydroxyl groups excluding tert-OH is 2. The molecule has 2 aromatic carbocycles. The summed E-state index contributed by atoms with van der Waals surface area (Å²) in [4.78, 5) is 133. The highest BCUT2D eigenvalue weighted by molar-refractivity contribution is 6.39. The molecule has 0 unspecified atom stereocenters. The van der Waals surface area contributed by atoms with Crippen molar-refractivity contribution in [2.45, 2.75) is 198 Å². The van der Waals surface area contributed by atoms with Gasteiger partial charge in [-0.3, -0.25) is 38.1 Å². The molecule has 141 heavy (non-hydrogen) atoms. The number of ether oxygens (including phenoxy) is 14. The van der Waals surface area contributed by atoms with Crippen molar-refractivity contribution in [3.8, 4) is 22.7 Å². The molecule has 6 aromatic rings. The number of cyclic esters (lactones) is 1. The quantitative estimate of drug-likeness (QED) is 0.00904. The zero-order chi connectivity index (χ0) is 101. The highest BCUT2D eigenvalue weighted by atomic mass is 19.4. The molecular weight excluding hydrogens is 1840 g/mol. The number of aryl methyl sites for hydroxylation is 1. The third-order valence-corrected chi connectivity index (χ3v) is 26.1. The number of hydrogen-bond acceptors (Lipinski definition) is 32. The maximum absolute atomic E-state index is 15.1. The molecule has 3 saturated heterocycles. The van der Waals surface area contributed by atoms with Gasteiger partial charge in [0, 0.05) is 157 Å². The van der Waals surface area contributed by atoms with Crippen LogP contribution in [0.1, 0.15) is 136 Å². The Morgan fingerprint density at radius 2 is 1.30 bits per heavy atom. The first-order valence-electron chi connectivity index (χ1n) is 48.6. The molecule has 4 fully saturated rings. The van der Waals surface area contributed by atoms with Crippen molar-refractivity contribution < 1.29 is 128 Å². The van der Waals surface area contributed by atoms with Crippen molar-refractivity contribution in [2.75, 3.05) is 176 Å². The molecule has 40 heteroatoms. The van der Waals surface area contributed by atoms with Crippen LogP contribution < -0.4 is 36.6 Å². The summed E-state index contributed by atoms with van der Waals surface area (Å²) in [6.07, 6.45) is 8.27. The summed E-state index contributed by atoms with van der Waals surface area (Å²) in [7, 11) is 6.13. The standard InChI is InChI=1S/C101H139F3N12O25/c1-65-16-11-10-12-17-66(2)85(128-7)58-75-18-15-29-100(127,141-75)94(122)95(123)115-31-14-13-19-81(115)96(124)139-86(59-83(117)67(3)53-69(5)92(120)93(121)91(119)68(4)52-65)78(105)54-70-20-26-84(87(55-70)129-8)140-98(125)106-30-37-132-39-41-134-43-45-136-47-49-138-51-50-137-48-46-135-44-42-133-40-38-131-36-28-88(118)108-60-71-61-110-97(111-62-71)114-34-32-113(33-35-114)80-25-23-74(57-77(80)101(102,103)104)116-90-76-56-72(73-22-27-89(130-9)109-63-73)21-24-79(76)107-64-82(90)112(6)99(116)126/h10-12,16-17,21-25,27,53,56-57,61-65,67-68,70,75,78,81,84-87,92-93,120-121,127H,13-15,18-20,26,28-52,54-55,58-60,105H2,1-9H3,(H,106,125)(H,108,118)/b12-10+,16-11+,66-17+,69-53+/t65-,67-,68-,70+,75+,78-,81+,84-,85+,86+,87-,92-,93+,100-/m1/s1. The van der Waals surface area contributed by atoms with Crippen LogP contribution in [0.25, 0.3) is 38.8 Å². The summed E-state index contributed by atoms with van der Waals surface area (Å²) in [5.41, 5.74) is 10.2. The second kappa shape index (κ2) is 55.4. The minimum absolute atomic E-state index is 0.00441. The number of esters is 1. The molecule has 0 radical (unpaired) electrons. The van der Waals surface area contributed by atoms with Crippen LogP contribution in [-0.2, 0) is 110 Å². The third kappa shape index (κ3) is 32.3. The monoisotopic (exact) mass is 1980 g/mol. The first kappa shape index (κ1) is 111. The van der Waals surface area contributed by atoms with E-state index < -0.39 is 132 Å². The van der Waals surface area contributed by atoms with Crippen LogP contribution in [0, 0.1) is 23.7 Å². The van der Waals surface area contributed by atoms with E-state index in [2.05, 4.69) is 30.6 Å². The maximum atomic E-state index is 15.1. The second-order valence-electron chi connectivity index (χ2n) is 36.4. The molecule has 3 amide bonds. The van der Waals surface area contributed by atoms with Gasteiger partial charge in [-0.1, -0.05) is 63.3 Å². The number of piperidine rings is 1. The number of ketones is 3.